The lowest BCUT2D eigenvalue weighted by molar-refractivity contribution is -0.384. The Kier molecular flexibility index (Phi) is 5.08. The first-order chi connectivity index (χ1) is 9.69. The van der Waals surface area contributed by atoms with Gasteiger partial charge in [0, 0.05) is 25.0 Å². The average Bonchev–Trinajstić information content (AvgIpc) is 2.87. The molecule has 0 aliphatic heterocycles. The van der Waals surface area contributed by atoms with Crippen molar-refractivity contribution in [2.45, 2.75) is 11.6 Å². The van der Waals surface area contributed by atoms with Crippen LogP contribution in [0.1, 0.15) is 11.5 Å². The number of nitrogens with zero attached hydrogens (tertiary/aromatic N) is 3. The van der Waals surface area contributed by atoms with Gasteiger partial charge in [-0.3, -0.25) is 10.1 Å². The van der Waals surface area contributed by atoms with Crippen LogP contribution in [0.15, 0.2) is 33.9 Å². The highest BCUT2D eigenvalue weighted by Gasteiger charge is 2.09. The van der Waals surface area contributed by atoms with Crippen LogP contribution in [0, 0.1) is 10.1 Å². The van der Waals surface area contributed by atoms with Gasteiger partial charge in [0.2, 0.25) is 5.89 Å². The summed E-state index contributed by atoms with van der Waals surface area (Å²) in [7, 11) is 1.63. The maximum absolute atomic E-state index is 10.6. The molecule has 20 heavy (non-hydrogen) atoms. The predicted molar refractivity (Wildman–Crippen MR) is 72.8 cm³/mol. The predicted octanol–water partition coefficient (Wildman–Crippen LogP) is 2.31. The van der Waals surface area contributed by atoms with Crippen LogP contribution in [0.4, 0.5) is 5.69 Å². The van der Waals surface area contributed by atoms with Gasteiger partial charge in [-0.15, -0.1) is 10.2 Å². The van der Waals surface area contributed by atoms with Crippen molar-refractivity contribution in [2.75, 3.05) is 19.5 Å². The molecule has 0 unspecified atom stereocenters. The largest absolute Gasteiger partial charge is 0.416 e. The lowest BCUT2D eigenvalue weighted by Gasteiger charge is -1.97. The number of nitro groups is 1. The molecule has 0 N–H and O–H groups in total. The molecule has 0 bridgehead atoms. The van der Waals surface area contributed by atoms with Crippen molar-refractivity contribution in [3.8, 4) is 0 Å². The van der Waals surface area contributed by atoms with E-state index in [1.807, 2.05) is 0 Å². The van der Waals surface area contributed by atoms with Gasteiger partial charge in [-0.05, 0) is 5.56 Å². The maximum Gasteiger partial charge on any atom is 0.276 e. The van der Waals surface area contributed by atoms with Gasteiger partial charge in [0.15, 0.2) is 0 Å². The van der Waals surface area contributed by atoms with Crippen LogP contribution in [-0.2, 0) is 11.2 Å². The Hall–Kier alpha value is -1.93. The second kappa shape index (κ2) is 7.01. The number of aromatic nitrogens is 2. The highest BCUT2D eigenvalue weighted by molar-refractivity contribution is 7.99. The number of thioether (sulfide) groups is 1. The van der Waals surface area contributed by atoms with Gasteiger partial charge >= 0.3 is 0 Å². The molecule has 0 amide bonds. The van der Waals surface area contributed by atoms with E-state index in [0.29, 0.717) is 24.1 Å². The van der Waals surface area contributed by atoms with Crippen LogP contribution in [0.2, 0.25) is 0 Å². The Labute approximate surface area is 119 Å². The van der Waals surface area contributed by atoms with Crippen molar-refractivity contribution >= 4 is 17.4 Å². The number of methoxy groups -OCH3 is 1. The van der Waals surface area contributed by atoms with Crippen LogP contribution >= 0.6 is 11.8 Å². The van der Waals surface area contributed by atoms with E-state index in [4.69, 9.17) is 9.15 Å². The zero-order valence-corrected chi connectivity index (χ0v) is 11.6. The molecule has 1 heterocycles. The Morgan fingerprint density at radius 1 is 1.35 bits per heavy atom. The van der Waals surface area contributed by atoms with E-state index >= 15 is 0 Å². The van der Waals surface area contributed by atoms with Gasteiger partial charge in [-0.2, -0.15) is 0 Å². The number of ether oxygens (including phenoxy) is 1. The number of rotatable bonds is 7. The third kappa shape index (κ3) is 4.04. The van der Waals surface area contributed by atoms with Crippen LogP contribution in [0.25, 0.3) is 0 Å². The number of hydrogen-bond acceptors (Lipinski definition) is 7. The Morgan fingerprint density at radius 2 is 2.10 bits per heavy atom. The summed E-state index contributed by atoms with van der Waals surface area (Å²) in [6.07, 6.45) is 0.454. The van der Waals surface area contributed by atoms with E-state index in [1.165, 1.54) is 23.9 Å². The molecule has 0 aliphatic carbocycles. The molecule has 0 spiro atoms. The van der Waals surface area contributed by atoms with Crippen molar-refractivity contribution in [1.82, 2.24) is 10.2 Å². The van der Waals surface area contributed by atoms with Crippen molar-refractivity contribution < 1.29 is 14.1 Å². The zero-order valence-electron chi connectivity index (χ0n) is 10.8. The smallest absolute Gasteiger partial charge is 0.276 e. The van der Waals surface area contributed by atoms with Gasteiger partial charge < -0.3 is 9.15 Å². The molecule has 106 valence electrons. The van der Waals surface area contributed by atoms with E-state index in [0.717, 1.165) is 11.3 Å². The molecule has 0 atom stereocenters. The standard InChI is InChI=1S/C12H13N3O4S/c1-18-6-7-20-12-14-13-11(19-12)8-9-2-4-10(5-3-9)15(16)17/h2-5H,6-8H2,1H3. The first-order valence-corrected chi connectivity index (χ1v) is 6.85. The summed E-state index contributed by atoms with van der Waals surface area (Å²) in [5.41, 5.74) is 0.947. The monoisotopic (exact) mass is 295 g/mol. The second-order valence-electron chi connectivity index (χ2n) is 3.90. The SMILES string of the molecule is COCCSc1nnc(Cc2ccc([N+](=O)[O-])cc2)o1. The number of nitro benzene ring substituents is 1. The molecule has 2 rings (SSSR count). The normalized spacial score (nSPS) is 10.7. The van der Waals surface area contributed by atoms with Crippen LogP contribution in [-0.4, -0.2) is 34.6 Å². The Balaban J connectivity index is 1.94. The third-order valence-corrected chi connectivity index (χ3v) is 3.25. The molecule has 0 fully saturated rings. The number of hydrogen-bond donors (Lipinski definition) is 0. The van der Waals surface area contributed by atoms with Gasteiger partial charge in [0.25, 0.3) is 10.9 Å². The molecule has 1 aromatic carbocycles. The highest BCUT2D eigenvalue weighted by atomic mass is 32.2. The number of non-ortho nitro benzene ring substituents is 1. The van der Waals surface area contributed by atoms with Crippen LogP contribution < -0.4 is 0 Å². The molecule has 7 nitrogen and oxygen atoms in total. The molecule has 0 saturated heterocycles. The molecule has 2 aromatic rings. The molecule has 0 saturated carbocycles. The van der Waals surface area contributed by atoms with Gasteiger partial charge in [0.05, 0.1) is 18.0 Å². The maximum atomic E-state index is 10.6. The highest BCUT2D eigenvalue weighted by Crippen LogP contribution is 2.18. The molecule has 0 radical (unpaired) electrons. The van der Waals surface area contributed by atoms with E-state index in [1.54, 1.807) is 19.2 Å². The van der Waals surface area contributed by atoms with E-state index in [-0.39, 0.29) is 5.69 Å². The fourth-order valence-corrected chi connectivity index (χ4v) is 2.17. The Bertz CT molecular complexity index is 570. The van der Waals surface area contributed by atoms with Crippen molar-refractivity contribution in [1.29, 1.82) is 0 Å². The minimum atomic E-state index is -0.430. The summed E-state index contributed by atoms with van der Waals surface area (Å²) >= 11 is 1.43. The molecular formula is C12H13N3O4S. The molecule has 8 heteroatoms. The van der Waals surface area contributed by atoms with Crippen molar-refractivity contribution in [3.63, 3.8) is 0 Å². The molecule has 1 aromatic heterocycles. The summed E-state index contributed by atoms with van der Waals surface area (Å²) in [5.74, 6) is 1.23. The quantitative estimate of drug-likeness (QED) is 0.335. The minimum Gasteiger partial charge on any atom is -0.416 e. The Morgan fingerprint density at radius 3 is 2.75 bits per heavy atom. The number of benzene rings is 1. The van der Waals surface area contributed by atoms with E-state index in [9.17, 15) is 10.1 Å². The van der Waals surface area contributed by atoms with Crippen molar-refractivity contribution in [2.24, 2.45) is 0 Å². The molecular weight excluding hydrogens is 282 g/mol. The summed E-state index contributed by atoms with van der Waals surface area (Å²) in [5, 5.41) is 18.9. The minimum absolute atomic E-state index is 0.0649. The second-order valence-corrected chi connectivity index (χ2v) is 4.95. The van der Waals surface area contributed by atoms with Gasteiger partial charge in [-0.1, -0.05) is 23.9 Å². The summed E-state index contributed by atoms with van der Waals surface area (Å²) < 4.78 is 10.4. The topological polar surface area (TPSA) is 91.3 Å². The first-order valence-electron chi connectivity index (χ1n) is 5.86. The van der Waals surface area contributed by atoms with Crippen LogP contribution in [0.3, 0.4) is 0 Å². The summed E-state index contributed by atoms with van der Waals surface area (Å²) in [4.78, 5) is 10.1. The van der Waals surface area contributed by atoms with Crippen molar-refractivity contribution in [3.05, 3.63) is 45.8 Å². The van der Waals surface area contributed by atoms with Gasteiger partial charge in [-0.25, -0.2) is 0 Å². The fraction of sp³-hybridized carbons (Fsp3) is 0.333. The van der Waals surface area contributed by atoms with Crippen LogP contribution in [0.5, 0.6) is 0 Å². The van der Waals surface area contributed by atoms with E-state index in [2.05, 4.69) is 10.2 Å². The van der Waals surface area contributed by atoms with Gasteiger partial charge in [0.1, 0.15) is 0 Å². The first kappa shape index (κ1) is 14.5. The summed E-state index contributed by atoms with van der Waals surface area (Å²) in [6.45, 7) is 0.616. The molecule has 0 aliphatic rings. The van der Waals surface area contributed by atoms with E-state index < -0.39 is 4.92 Å². The third-order valence-electron chi connectivity index (χ3n) is 2.46. The zero-order chi connectivity index (χ0) is 14.4. The lowest BCUT2D eigenvalue weighted by atomic mass is 10.1. The lowest BCUT2D eigenvalue weighted by Crippen LogP contribution is -1.91. The fourth-order valence-electron chi connectivity index (χ4n) is 1.49. The average molecular weight is 295 g/mol. The summed E-state index contributed by atoms with van der Waals surface area (Å²) in [6, 6.07) is 6.28.